The summed E-state index contributed by atoms with van der Waals surface area (Å²) < 4.78 is 43.3. The monoisotopic (exact) mass is 257 g/mol. The first kappa shape index (κ1) is 14.0. The Balaban J connectivity index is 3.14. The van der Waals surface area contributed by atoms with Crippen molar-refractivity contribution in [3.63, 3.8) is 0 Å². The summed E-state index contributed by atoms with van der Waals surface area (Å²) in [7, 11) is 0. The van der Waals surface area contributed by atoms with Gasteiger partial charge in [-0.25, -0.2) is 13.2 Å². The second kappa shape index (κ2) is 6.05. The number of hydrogen-bond acceptors (Lipinski definition) is 3. The molecule has 0 aliphatic heterocycles. The van der Waals surface area contributed by atoms with Crippen LogP contribution in [0.25, 0.3) is 0 Å². The standard InChI is InChI=1S/C12H10F3NO2/c1-2-18-10(17)5-7-3-8(12(14)15)4-9(6-16)11(7)13/h3-4,12H,2,5H2,1H3. The van der Waals surface area contributed by atoms with Gasteiger partial charge < -0.3 is 4.74 Å². The van der Waals surface area contributed by atoms with E-state index in [0.717, 1.165) is 12.1 Å². The Kier molecular flexibility index (Phi) is 4.72. The van der Waals surface area contributed by atoms with Gasteiger partial charge in [0.1, 0.15) is 11.9 Å². The zero-order chi connectivity index (χ0) is 13.7. The van der Waals surface area contributed by atoms with E-state index >= 15 is 0 Å². The number of carbonyl (C=O) groups excluding carboxylic acids is 1. The van der Waals surface area contributed by atoms with Crippen LogP contribution in [0.1, 0.15) is 30.0 Å². The van der Waals surface area contributed by atoms with E-state index in [9.17, 15) is 18.0 Å². The Labute approximate surface area is 102 Å². The molecule has 1 aromatic rings. The van der Waals surface area contributed by atoms with Gasteiger partial charge in [-0.05, 0) is 19.1 Å². The van der Waals surface area contributed by atoms with Crippen molar-refractivity contribution in [3.8, 4) is 6.07 Å². The van der Waals surface area contributed by atoms with E-state index in [4.69, 9.17) is 5.26 Å². The van der Waals surface area contributed by atoms with E-state index in [1.165, 1.54) is 6.07 Å². The van der Waals surface area contributed by atoms with E-state index in [-0.39, 0.29) is 12.2 Å². The third-order valence-electron chi connectivity index (χ3n) is 2.18. The molecule has 0 unspecified atom stereocenters. The molecule has 1 aromatic carbocycles. The minimum atomic E-state index is -2.83. The summed E-state index contributed by atoms with van der Waals surface area (Å²) in [4.78, 5) is 11.2. The number of carbonyl (C=O) groups is 1. The van der Waals surface area contributed by atoms with Crippen LogP contribution in [0.5, 0.6) is 0 Å². The molecule has 0 aromatic heterocycles. The molecule has 0 aliphatic rings. The predicted molar refractivity (Wildman–Crippen MR) is 56.4 cm³/mol. The molecule has 0 atom stereocenters. The first-order valence-corrected chi connectivity index (χ1v) is 5.15. The minimum absolute atomic E-state index is 0.111. The Morgan fingerprint density at radius 1 is 1.50 bits per heavy atom. The molecule has 0 bridgehead atoms. The second-order valence-electron chi connectivity index (χ2n) is 3.44. The van der Waals surface area contributed by atoms with Crippen LogP contribution in [-0.2, 0) is 16.0 Å². The highest BCUT2D eigenvalue weighted by molar-refractivity contribution is 5.73. The molecule has 0 spiro atoms. The normalized spacial score (nSPS) is 10.2. The highest BCUT2D eigenvalue weighted by Gasteiger charge is 2.18. The molecule has 0 N–H and O–H groups in total. The topological polar surface area (TPSA) is 50.1 Å². The molecule has 0 amide bonds. The maximum Gasteiger partial charge on any atom is 0.310 e. The fourth-order valence-electron chi connectivity index (χ4n) is 1.41. The van der Waals surface area contributed by atoms with E-state index in [2.05, 4.69) is 4.74 Å². The van der Waals surface area contributed by atoms with Gasteiger partial charge in [-0.15, -0.1) is 0 Å². The van der Waals surface area contributed by atoms with Gasteiger partial charge in [0.05, 0.1) is 18.6 Å². The smallest absolute Gasteiger partial charge is 0.310 e. The number of esters is 1. The summed E-state index contributed by atoms with van der Waals surface area (Å²) in [5.74, 6) is -1.69. The number of ether oxygens (including phenoxy) is 1. The number of halogens is 3. The Morgan fingerprint density at radius 3 is 2.67 bits per heavy atom. The van der Waals surface area contributed by atoms with Gasteiger partial charge in [0.2, 0.25) is 0 Å². The van der Waals surface area contributed by atoms with Crippen molar-refractivity contribution >= 4 is 5.97 Å². The molecular formula is C12H10F3NO2. The Hall–Kier alpha value is -2.03. The molecule has 0 heterocycles. The van der Waals surface area contributed by atoms with Gasteiger partial charge in [-0.1, -0.05) is 0 Å². The average molecular weight is 257 g/mol. The van der Waals surface area contributed by atoms with Crippen molar-refractivity contribution in [1.82, 2.24) is 0 Å². The lowest BCUT2D eigenvalue weighted by Crippen LogP contribution is -2.10. The highest BCUT2D eigenvalue weighted by Crippen LogP contribution is 2.24. The lowest BCUT2D eigenvalue weighted by atomic mass is 10.0. The maximum absolute atomic E-state index is 13.6. The fourth-order valence-corrected chi connectivity index (χ4v) is 1.41. The number of nitrogens with zero attached hydrogens (tertiary/aromatic N) is 1. The van der Waals surface area contributed by atoms with Gasteiger partial charge in [-0.3, -0.25) is 4.79 Å². The Morgan fingerprint density at radius 2 is 2.17 bits per heavy atom. The summed E-state index contributed by atoms with van der Waals surface area (Å²) in [5.41, 5.74) is -1.26. The number of alkyl halides is 2. The SMILES string of the molecule is CCOC(=O)Cc1cc(C(F)F)cc(C#N)c1F. The van der Waals surface area contributed by atoms with Crippen molar-refractivity contribution in [2.45, 2.75) is 19.8 Å². The van der Waals surface area contributed by atoms with Crippen LogP contribution in [0, 0.1) is 17.1 Å². The van der Waals surface area contributed by atoms with E-state index in [1.54, 1.807) is 6.92 Å². The van der Waals surface area contributed by atoms with Crippen molar-refractivity contribution in [3.05, 3.63) is 34.6 Å². The van der Waals surface area contributed by atoms with Crippen LogP contribution < -0.4 is 0 Å². The molecular weight excluding hydrogens is 247 g/mol. The van der Waals surface area contributed by atoms with Crippen LogP contribution in [0.15, 0.2) is 12.1 Å². The third kappa shape index (κ3) is 3.23. The average Bonchev–Trinajstić information content (AvgIpc) is 2.31. The molecule has 3 nitrogen and oxygen atoms in total. The molecule has 1 rings (SSSR count). The first-order valence-electron chi connectivity index (χ1n) is 5.15. The van der Waals surface area contributed by atoms with Crippen LogP contribution in [-0.4, -0.2) is 12.6 Å². The Bertz CT molecular complexity index is 495. The molecule has 6 heteroatoms. The first-order chi connectivity index (χ1) is 8.49. The number of rotatable bonds is 4. The second-order valence-corrected chi connectivity index (χ2v) is 3.44. The molecule has 0 radical (unpaired) electrons. The van der Waals surface area contributed by atoms with Crippen LogP contribution in [0.3, 0.4) is 0 Å². The van der Waals surface area contributed by atoms with Crippen LogP contribution in [0.2, 0.25) is 0 Å². The lowest BCUT2D eigenvalue weighted by molar-refractivity contribution is -0.142. The molecule has 0 saturated heterocycles. The third-order valence-corrected chi connectivity index (χ3v) is 2.18. The fraction of sp³-hybridized carbons (Fsp3) is 0.333. The summed E-state index contributed by atoms with van der Waals surface area (Å²) in [6.45, 7) is 1.69. The summed E-state index contributed by atoms with van der Waals surface area (Å²) in [5, 5.41) is 8.64. The van der Waals surface area contributed by atoms with E-state index in [0.29, 0.717) is 0 Å². The van der Waals surface area contributed by atoms with Gasteiger partial charge in [0.25, 0.3) is 6.43 Å². The highest BCUT2D eigenvalue weighted by atomic mass is 19.3. The molecule has 0 aliphatic carbocycles. The molecule has 96 valence electrons. The maximum atomic E-state index is 13.6. The van der Waals surface area contributed by atoms with Gasteiger partial charge in [0, 0.05) is 11.1 Å². The van der Waals surface area contributed by atoms with Gasteiger partial charge in [-0.2, -0.15) is 5.26 Å². The zero-order valence-electron chi connectivity index (χ0n) is 9.54. The van der Waals surface area contributed by atoms with Crippen LogP contribution in [0.4, 0.5) is 13.2 Å². The van der Waals surface area contributed by atoms with Gasteiger partial charge >= 0.3 is 5.97 Å². The van der Waals surface area contributed by atoms with Gasteiger partial charge in [0.15, 0.2) is 0 Å². The summed E-state index contributed by atoms with van der Waals surface area (Å²) in [6.07, 6.45) is -3.31. The zero-order valence-corrected chi connectivity index (χ0v) is 9.54. The minimum Gasteiger partial charge on any atom is -0.466 e. The van der Waals surface area contributed by atoms with E-state index < -0.39 is 35.8 Å². The molecule has 18 heavy (non-hydrogen) atoms. The van der Waals surface area contributed by atoms with Crippen LogP contribution >= 0.6 is 0 Å². The lowest BCUT2D eigenvalue weighted by Gasteiger charge is -2.08. The van der Waals surface area contributed by atoms with E-state index in [1.807, 2.05) is 0 Å². The largest absolute Gasteiger partial charge is 0.466 e. The molecule has 0 fully saturated rings. The number of nitriles is 1. The van der Waals surface area contributed by atoms with Crippen molar-refractivity contribution in [2.75, 3.05) is 6.61 Å². The van der Waals surface area contributed by atoms with Crippen molar-refractivity contribution < 1.29 is 22.7 Å². The molecule has 0 saturated carbocycles. The number of benzene rings is 1. The van der Waals surface area contributed by atoms with Crippen molar-refractivity contribution in [2.24, 2.45) is 0 Å². The quantitative estimate of drug-likeness (QED) is 0.779. The predicted octanol–water partition coefficient (Wildman–Crippen LogP) is 2.74. The number of hydrogen-bond donors (Lipinski definition) is 0. The summed E-state index contributed by atoms with van der Waals surface area (Å²) in [6, 6.07) is 3.12. The summed E-state index contributed by atoms with van der Waals surface area (Å²) >= 11 is 0. The van der Waals surface area contributed by atoms with Crippen molar-refractivity contribution in [1.29, 1.82) is 5.26 Å².